The van der Waals surface area contributed by atoms with Crippen LogP contribution >= 0.6 is 0 Å². The van der Waals surface area contributed by atoms with Crippen LogP contribution in [-0.2, 0) is 10.8 Å². The highest BCUT2D eigenvalue weighted by molar-refractivity contribution is 5.27. The summed E-state index contributed by atoms with van der Waals surface area (Å²) < 4.78 is 44.2. The molecule has 2 aliphatic carbocycles. The van der Waals surface area contributed by atoms with Gasteiger partial charge in [0.25, 0.3) is 0 Å². The molecule has 1 aromatic rings. The fourth-order valence-electron chi connectivity index (χ4n) is 3.03. The number of aromatic nitrogens is 2. The summed E-state index contributed by atoms with van der Waals surface area (Å²) in [6.07, 6.45) is -3.22. The van der Waals surface area contributed by atoms with Gasteiger partial charge in [-0.3, -0.25) is 0 Å². The highest BCUT2D eigenvalue weighted by atomic mass is 19.4. The monoisotopic (exact) mass is 259 g/mol. The molecule has 0 radical (unpaired) electrons. The first-order valence-corrected chi connectivity index (χ1v) is 6.10. The average molecular weight is 259 g/mol. The summed E-state index contributed by atoms with van der Waals surface area (Å²) in [5.41, 5.74) is -2.03. The lowest BCUT2D eigenvalue weighted by Crippen LogP contribution is -2.29. The second-order valence-electron chi connectivity index (χ2n) is 5.68. The summed E-state index contributed by atoms with van der Waals surface area (Å²) in [4.78, 5) is 0. The smallest absolute Gasteiger partial charge is 0.403 e. The Bertz CT molecular complexity index is 508. The van der Waals surface area contributed by atoms with E-state index in [9.17, 15) is 13.2 Å². The number of alkyl halides is 3. The van der Waals surface area contributed by atoms with Crippen LogP contribution in [0.4, 0.5) is 13.2 Å². The molecule has 2 unspecified atom stereocenters. The molecule has 0 aromatic carbocycles. The fraction of sp³-hybridized carbons (Fsp3) is 0.818. The van der Waals surface area contributed by atoms with Crippen molar-refractivity contribution in [2.45, 2.75) is 36.3 Å². The molecule has 18 heavy (non-hydrogen) atoms. The van der Waals surface area contributed by atoms with Gasteiger partial charge in [0, 0.05) is 6.54 Å². The Hall–Kier alpha value is -1.11. The fourth-order valence-corrected chi connectivity index (χ4v) is 3.03. The van der Waals surface area contributed by atoms with Crippen molar-refractivity contribution < 1.29 is 17.6 Å². The van der Waals surface area contributed by atoms with Gasteiger partial charge < -0.3 is 9.73 Å². The minimum absolute atomic E-state index is 0.0623. The summed E-state index contributed by atoms with van der Waals surface area (Å²) in [6.45, 7) is 1.63. The second kappa shape index (κ2) is 2.89. The maximum absolute atomic E-state index is 12.9. The molecule has 1 saturated heterocycles. The topological polar surface area (TPSA) is 51.0 Å². The van der Waals surface area contributed by atoms with E-state index in [0.29, 0.717) is 11.8 Å². The first-order chi connectivity index (χ1) is 8.48. The maximum Gasteiger partial charge on any atom is 0.403 e. The molecule has 4 rings (SSSR count). The standard InChI is InChI=1S/C11H12F3N3O/c12-11(13,14)10(1-2-10)8-17-16-7(18-8)9-3-6(9)4-15-5-9/h6,15H,1-5H2. The Morgan fingerprint density at radius 3 is 2.44 bits per heavy atom. The molecule has 7 heteroatoms. The summed E-state index contributed by atoms with van der Waals surface area (Å²) >= 11 is 0. The van der Waals surface area contributed by atoms with E-state index in [-0.39, 0.29) is 24.1 Å². The third-order valence-electron chi connectivity index (χ3n) is 4.62. The van der Waals surface area contributed by atoms with Gasteiger partial charge in [0.1, 0.15) is 5.41 Å². The van der Waals surface area contributed by atoms with Crippen LogP contribution in [-0.4, -0.2) is 29.5 Å². The molecule has 2 saturated carbocycles. The first kappa shape index (κ1) is 10.8. The van der Waals surface area contributed by atoms with Crippen LogP contribution in [0.5, 0.6) is 0 Å². The van der Waals surface area contributed by atoms with Crippen LogP contribution in [0.3, 0.4) is 0 Å². The van der Waals surface area contributed by atoms with Crippen molar-refractivity contribution in [1.29, 1.82) is 0 Å². The molecule has 3 aliphatic rings. The molecular weight excluding hydrogens is 247 g/mol. The van der Waals surface area contributed by atoms with Gasteiger partial charge in [0.2, 0.25) is 11.8 Å². The first-order valence-electron chi connectivity index (χ1n) is 6.10. The number of piperidine rings is 1. The van der Waals surface area contributed by atoms with Crippen molar-refractivity contribution in [1.82, 2.24) is 15.5 Å². The van der Waals surface area contributed by atoms with Crippen LogP contribution in [0.25, 0.3) is 0 Å². The van der Waals surface area contributed by atoms with Crippen LogP contribution in [0.1, 0.15) is 31.0 Å². The summed E-state index contributed by atoms with van der Waals surface area (Å²) in [5.74, 6) is 0.604. The zero-order chi connectivity index (χ0) is 12.6. The maximum atomic E-state index is 12.9. The minimum atomic E-state index is -4.29. The van der Waals surface area contributed by atoms with Gasteiger partial charge in [-0.25, -0.2) is 0 Å². The third-order valence-corrected chi connectivity index (χ3v) is 4.62. The Kier molecular flexibility index (Phi) is 1.73. The molecule has 0 amide bonds. The van der Waals surface area contributed by atoms with Crippen molar-refractivity contribution in [3.8, 4) is 0 Å². The summed E-state index contributed by atoms with van der Waals surface area (Å²) in [5, 5.41) is 10.7. The molecule has 1 N–H and O–H groups in total. The molecule has 1 aromatic heterocycles. The average Bonchev–Trinajstić information content (AvgIpc) is 3.16. The van der Waals surface area contributed by atoms with Crippen molar-refractivity contribution in [3.05, 3.63) is 11.8 Å². The van der Waals surface area contributed by atoms with E-state index in [0.717, 1.165) is 19.5 Å². The zero-order valence-corrected chi connectivity index (χ0v) is 9.55. The minimum Gasteiger partial charge on any atom is -0.424 e. The van der Waals surface area contributed by atoms with Crippen LogP contribution in [0, 0.1) is 5.92 Å². The Morgan fingerprint density at radius 1 is 1.22 bits per heavy atom. The van der Waals surface area contributed by atoms with Crippen LogP contribution in [0.15, 0.2) is 4.42 Å². The Balaban J connectivity index is 1.68. The van der Waals surface area contributed by atoms with E-state index in [4.69, 9.17) is 4.42 Å². The van der Waals surface area contributed by atoms with Gasteiger partial charge in [0.05, 0.1) is 5.41 Å². The molecule has 3 fully saturated rings. The second-order valence-corrected chi connectivity index (χ2v) is 5.68. The summed E-state index contributed by atoms with van der Waals surface area (Å²) in [7, 11) is 0. The highest BCUT2D eigenvalue weighted by Crippen LogP contribution is 2.60. The number of fused-ring (bicyclic) bond motifs is 1. The lowest BCUT2D eigenvalue weighted by Gasteiger charge is -2.14. The van der Waals surface area contributed by atoms with Gasteiger partial charge in [0.15, 0.2) is 0 Å². The van der Waals surface area contributed by atoms with Crippen LogP contribution < -0.4 is 5.32 Å². The van der Waals surface area contributed by atoms with Gasteiger partial charge in [-0.15, -0.1) is 10.2 Å². The molecule has 2 atom stereocenters. The Labute approximate surface area is 101 Å². The van der Waals surface area contributed by atoms with Gasteiger partial charge in [-0.2, -0.15) is 13.2 Å². The third kappa shape index (κ3) is 1.15. The predicted octanol–water partition coefficient (Wildman–Crippen LogP) is 1.52. The Morgan fingerprint density at radius 2 is 1.94 bits per heavy atom. The largest absolute Gasteiger partial charge is 0.424 e. The van der Waals surface area contributed by atoms with Crippen molar-refractivity contribution in [2.24, 2.45) is 5.92 Å². The van der Waals surface area contributed by atoms with E-state index < -0.39 is 11.6 Å². The number of rotatable bonds is 2. The quantitative estimate of drug-likeness (QED) is 0.875. The zero-order valence-electron chi connectivity index (χ0n) is 9.55. The SMILES string of the molecule is FC(F)(F)C1(c2nnc(C34CNCC3C4)o2)CC1. The predicted molar refractivity (Wildman–Crippen MR) is 53.9 cm³/mol. The number of halogens is 3. The molecule has 1 aliphatic heterocycles. The lowest BCUT2D eigenvalue weighted by molar-refractivity contribution is -0.165. The van der Waals surface area contributed by atoms with Crippen molar-refractivity contribution in [2.75, 3.05) is 13.1 Å². The lowest BCUT2D eigenvalue weighted by atomic mass is 10.1. The molecular formula is C11H12F3N3O. The van der Waals surface area contributed by atoms with Crippen molar-refractivity contribution >= 4 is 0 Å². The van der Waals surface area contributed by atoms with E-state index in [2.05, 4.69) is 15.5 Å². The van der Waals surface area contributed by atoms with Crippen LogP contribution in [0.2, 0.25) is 0 Å². The van der Waals surface area contributed by atoms with Gasteiger partial charge >= 0.3 is 6.18 Å². The number of nitrogens with zero attached hydrogens (tertiary/aromatic N) is 2. The molecule has 0 bridgehead atoms. The normalized spacial score (nSPS) is 36.5. The molecule has 0 spiro atoms. The molecule has 4 nitrogen and oxygen atoms in total. The van der Waals surface area contributed by atoms with Crippen molar-refractivity contribution in [3.63, 3.8) is 0 Å². The van der Waals surface area contributed by atoms with E-state index in [1.807, 2.05) is 0 Å². The van der Waals surface area contributed by atoms with Gasteiger partial charge in [-0.1, -0.05) is 0 Å². The molecule has 98 valence electrons. The molecule has 2 heterocycles. The highest BCUT2D eigenvalue weighted by Gasteiger charge is 2.69. The number of hydrogen-bond acceptors (Lipinski definition) is 4. The van der Waals surface area contributed by atoms with E-state index >= 15 is 0 Å². The van der Waals surface area contributed by atoms with E-state index in [1.54, 1.807) is 0 Å². The van der Waals surface area contributed by atoms with Gasteiger partial charge in [-0.05, 0) is 31.7 Å². The van der Waals surface area contributed by atoms with E-state index in [1.165, 1.54) is 0 Å². The number of nitrogens with one attached hydrogen (secondary N) is 1. The number of hydrogen-bond donors (Lipinski definition) is 1. The summed E-state index contributed by atoms with van der Waals surface area (Å²) in [6, 6.07) is 0.